The number of ether oxygens (including phenoxy) is 1. The Kier molecular flexibility index (Phi) is 4.82. The number of aryl methyl sites for hydroxylation is 1. The number of para-hydroxylation sites is 1. The minimum absolute atomic E-state index is 0.875. The lowest BCUT2D eigenvalue weighted by Gasteiger charge is -2.00. The van der Waals surface area contributed by atoms with Gasteiger partial charge in [0.15, 0.2) is 0 Å². The smallest absolute Gasteiger partial charge is 0.134 e. The molecule has 0 aliphatic rings. The van der Waals surface area contributed by atoms with Gasteiger partial charge in [-0.2, -0.15) is 0 Å². The largest absolute Gasteiger partial charge is 0.497 e. The van der Waals surface area contributed by atoms with E-state index in [0.717, 1.165) is 35.5 Å². The number of methoxy groups -OCH3 is 1. The fourth-order valence-corrected chi connectivity index (χ4v) is 2.72. The van der Waals surface area contributed by atoms with Gasteiger partial charge >= 0.3 is 0 Å². The van der Waals surface area contributed by atoms with E-state index in [2.05, 4.69) is 43.3 Å². The van der Waals surface area contributed by atoms with Crippen molar-refractivity contribution in [1.82, 2.24) is 0 Å². The number of rotatable bonds is 6. The van der Waals surface area contributed by atoms with Crippen LogP contribution in [0.1, 0.15) is 36.7 Å². The number of hydrogen-bond acceptors (Lipinski definition) is 2. The third-order valence-electron chi connectivity index (χ3n) is 4.03. The van der Waals surface area contributed by atoms with E-state index in [4.69, 9.17) is 9.15 Å². The zero-order valence-corrected chi connectivity index (χ0v) is 13.7. The number of hydrogen-bond donors (Lipinski definition) is 0. The van der Waals surface area contributed by atoms with Gasteiger partial charge in [0, 0.05) is 17.4 Å². The van der Waals surface area contributed by atoms with Gasteiger partial charge in [-0.3, -0.25) is 0 Å². The van der Waals surface area contributed by atoms with Gasteiger partial charge in [-0.15, -0.1) is 0 Å². The van der Waals surface area contributed by atoms with Crippen LogP contribution in [0, 0.1) is 0 Å². The van der Waals surface area contributed by atoms with Gasteiger partial charge in [-0.25, -0.2) is 0 Å². The van der Waals surface area contributed by atoms with Crippen LogP contribution in [-0.2, 0) is 6.42 Å². The molecule has 0 N–H and O–H groups in total. The van der Waals surface area contributed by atoms with E-state index in [0.29, 0.717) is 0 Å². The molecule has 3 aromatic rings. The summed E-state index contributed by atoms with van der Waals surface area (Å²) in [6, 6.07) is 16.3. The molecule has 0 bridgehead atoms. The second-order valence-electron chi connectivity index (χ2n) is 5.65. The summed E-state index contributed by atoms with van der Waals surface area (Å²) in [5.41, 5.74) is 3.32. The molecule has 0 spiro atoms. The van der Waals surface area contributed by atoms with Crippen LogP contribution in [-0.4, -0.2) is 7.11 Å². The molecular formula is C21H22O2. The summed E-state index contributed by atoms with van der Waals surface area (Å²) in [7, 11) is 1.68. The molecule has 23 heavy (non-hydrogen) atoms. The van der Waals surface area contributed by atoms with Gasteiger partial charge in [0.1, 0.15) is 17.1 Å². The second-order valence-corrected chi connectivity index (χ2v) is 5.65. The first-order valence-electron chi connectivity index (χ1n) is 8.14. The van der Waals surface area contributed by atoms with Crippen molar-refractivity contribution < 1.29 is 9.15 Å². The second kappa shape index (κ2) is 7.19. The van der Waals surface area contributed by atoms with Crippen LogP contribution in [0.25, 0.3) is 23.1 Å². The molecule has 0 unspecified atom stereocenters. The molecule has 2 aromatic carbocycles. The lowest BCUT2D eigenvalue weighted by atomic mass is 10.1. The first-order chi connectivity index (χ1) is 11.3. The van der Waals surface area contributed by atoms with E-state index in [-0.39, 0.29) is 0 Å². The van der Waals surface area contributed by atoms with Gasteiger partial charge in [0.25, 0.3) is 0 Å². The van der Waals surface area contributed by atoms with Gasteiger partial charge < -0.3 is 9.15 Å². The highest BCUT2D eigenvalue weighted by Gasteiger charge is 2.10. The summed E-state index contributed by atoms with van der Waals surface area (Å²) in [6.07, 6.45) is 7.58. The monoisotopic (exact) mass is 306 g/mol. The zero-order valence-electron chi connectivity index (χ0n) is 13.7. The van der Waals surface area contributed by atoms with Crippen molar-refractivity contribution in [3.8, 4) is 5.75 Å². The third kappa shape index (κ3) is 3.48. The van der Waals surface area contributed by atoms with E-state index in [1.165, 1.54) is 17.4 Å². The van der Waals surface area contributed by atoms with E-state index in [1.54, 1.807) is 7.11 Å². The number of unbranched alkanes of at least 4 members (excludes halogenated alkanes) is 1. The predicted octanol–water partition coefficient (Wildman–Crippen LogP) is 5.95. The Balaban J connectivity index is 1.94. The zero-order chi connectivity index (χ0) is 16.1. The van der Waals surface area contributed by atoms with Gasteiger partial charge in [0.05, 0.1) is 7.11 Å². The molecule has 0 amide bonds. The minimum Gasteiger partial charge on any atom is -0.497 e. The molecule has 0 atom stereocenters. The van der Waals surface area contributed by atoms with Crippen molar-refractivity contribution in [2.45, 2.75) is 26.2 Å². The Morgan fingerprint density at radius 2 is 1.78 bits per heavy atom. The summed E-state index contributed by atoms with van der Waals surface area (Å²) in [4.78, 5) is 0. The first kappa shape index (κ1) is 15.4. The Morgan fingerprint density at radius 3 is 2.52 bits per heavy atom. The minimum atomic E-state index is 0.875. The van der Waals surface area contributed by atoms with Gasteiger partial charge in [-0.1, -0.05) is 55.8 Å². The molecule has 0 saturated carbocycles. The Labute approximate surface area is 137 Å². The van der Waals surface area contributed by atoms with Crippen LogP contribution in [0.3, 0.4) is 0 Å². The number of fused-ring (bicyclic) bond motifs is 1. The van der Waals surface area contributed by atoms with Crippen LogP contribution < -0.4 is 4.74 Å². The highest BCUT2D eigenvalue weighted by molar-refractivity contribution is 5.91. The van der Waals surface area contributed by atoms with Crippen molar-refractivity contribution >= 4 is 23.1 Å². The lowest BCUT2D eigenvalue weighted by molar-refractivity contribution is 0.415. The van der Waals surface area contributed by atoms with E-state index in [9.17, 15) is 0 Å². The summed E-state index contributed by atoms with van der Waals surface area (Å²) in [6.45, 7) is 2.20. The van der Waals surface area contributed by atoms with Crippen LogP contribution >= 0.6 is 0 Å². The van der Waals surface area contributed by atoms with Crippen molar-refractivity contribution in [2.24, 2.45) is 0 Å². The van der Waals surface area contributed by atoms with E-state index in [1.807, 2.05) is 24.3 Å². The molecule has 0 saturated heterocycles. The molecule has 1 heterocycles. The van der Waals surface area contributed by atoms with Crippen LogP contribution in [0.2, 0.25) is 0 Å². The predicted molar refractivity (Wildman–Crippen MR) is 96.7 cm³/mol. The SMILES string of the molecule is CCCCc1oc2ccccc2c1C=Cc1ccc(OC)cc1. The highest BCUT2D eigenvalue weighted by Crippen LogP contribution is 2.29. The topological polar surface area (TPSA) is 22.4 Å². The fraction of sp³-hybridized carbons (Fsp3) is 0.238. The van der Waals surface area contributed by atoms with Crippen LogP contribution in [0.4, 0.5) is 0 Å². The molecule has 0 fully saturated rings. The number of benzene rings is 2. The van der Waals surface area contributed by atoms with Gasteiger partial charge in [0.2, 0.25) is 0 Å². The fourth-order valence-electron chi connectivity index (χ4n) is 2.72. The average molecular weight is 306 g/mol. The summed E-state index contributed by atoms with van der Waals surface area (Å²) < 4.78 is 11.3. The maximum absolute atomic E-state index is 6.05. The highest BCUT2D eigenvalue weighted by atomic mass is 16.5. The Morgan fingerprint density at radius 1 is 1.00 bits per heavy atom. The molecule has 0 radical (unpaired) electrons. The summed E-state index contributed by atoms with van der Waals surface area (Å²) in [5, 5.41) is 1.18. The summed E-state index contributed by atoms with van der Waals surface area (Å²) in [5.74, 6) is 1.96. The standard InChI is InChI=1S/C21H22O2/c1-3-4-8-20-19(18-7-5-6-9-21(18)23-20)15-12-16-10-13-17(22-2)14-11-16/h5-7,9-15H,3-4,8H2,1-2H3. The third-order valence-corrected chi connectivity index (χ3v) is 4.03. The van der Waals surface area contributed by atoms with Crippen LogP contribution in [0.15, 0.2) is 52.9 Å². The summed E-state index contributed by atoms with van der Waals surface area (Å²) >= 11 is 0. The Bertz CT molecular complexity index is 794. The van der Waals surface area contributed by atoms with Crippen molar-refractivity contribution in [3.05, 3.63) is 65.4 Å². The first-order valence-corrected chi connectivity index (χ1v) is 8.14. The maximum atomic E-state index is 6.05. The van der Waals surface area contributed by atoms with Crippen molar-refractivity contribution in [3.63, 3.8) is 0 Å². The Hall–Kier alpha value is -2.48. The molecule has 0 aliphatic carbocycles. The molecule has 2 heteroatoms. The molecule has 1 aromatic heterocycles. The van der Waals surface area contributed by atoms with Crippen molar-refractivity contribution in [1.29, 1.82) is 0 Å². The lowest BCUT2D eigenvalue weighted by Crippen LogP contribution is -1.85. The maximum Gasteiger partial charge on any atom is 0.134 e. The quantitative estimate of drug-likeness (QED) is 0.561. The molecular weight excluding hydrogens is 284 g/mol. The van der Waals surface area contributed by atoms with E-state index >= 15 is 0 Å². The van der Waals surface area contributed by atoms with Gasteiger partial charge in [-0.05, 0) is 30.2 Å². The van der Waals surface area contributed by atoms with Crippen LogP contribution in [0.5, 0.6) is 5.75 Å². The normalized spacial score (nSPS) is 11.4. The molecule has 118 valence electrons. The molecule has 0 aliphatic heterocycles. The average Bonchev–Trinajstić information content (AvgIpc) is 2.96. The van der Waals surface area contributed by atoms with E-state index < -0.39 is 0 Å². The molecule has 2 nitrogen and oxygen atoms in total. The molecule has 3 rings (SSSR count). The number of furan rings is 1. The van der Waals surface area contributed by atoms with Crippen molar-refractivity contribution in [2.75, 3.05) is 7.11 Å².